The van der Waals surface area contributed by atoms with Crippen LogP contribution in [-0.4, -0.2) is 32.9 Å². The van der Waals surface area contributed by atoms with Gasteiger partial charge in [-0.25, -0.2) is 13.1 Å². The van der Waals surface area contributed by atoms with Crippen LogP contribution in [0.4, 0.5) is 0 Å². The number of sulfonamides is 1. The summed E-state index contributed by atoms with van der Waals surface area (Å²) in [6.45, 7) is -0.288. The molecule has 1 aromatic rings. The van der Waals surface area contributed by atoms with Crippen LogP contribution in [0, 0.1) is 0 Å². The molecule has 23 heavy (non-hydrogen) atoms. The standard InChI is InChI=1S/C15H20N2O5S/c16-15(19)11-6-8-13(9-7-11)23(20,21)17-14(18)10-22-12-4-2-1-3-5-12/h6-9,12H,1-5,10H2,(H2,16,19)(H,17,18). The van der Waals surface area contributed by atoms with Crippen molar-refractivity contribution in [3.63, 3.8) is 0 Å². The second kappa shape index (κ2) is 7.56. The lowest BCUT2D eigenvalue weighted by atomic mass is 9.98. The quantitative estimate of drug-likeness (QED) is 0.799. The first-order valence-corrected chi connectivity index (χ1v) is 8.94. The van der Waals surface area contributed by atoms with E-state index in [-0.39, 0.29) is 23.2 Å². The molecule has 1 saturated carbocycles. The van der Waals surface area contributed by atoms with Crippen LogP contribution in [0.3, 0.4) is 0 Å². The zero-order chi connectivity index (χ0) is 16.9. The van der Waals surface area contributed by atoms with E-state index in [4.69, 9.17) is 10.5 Å². The van der Waals surface area contributed by atoms with Gasteiger partial charge in [0.2, 0.25) is 5.91 Å². The van der Waals surface area contributed by atoms with Crippen molar-refractivity contribution in [2.24, 2.45) is 5.73 Å². The number of benzene rings is 1. The van der Waals surface area contributed by atoms with E-state index < -0.39 is 21.8 Å². The van der Waals surface area contributed by atoms with Gasteiger partial charge in [-0.1, -0.05) is 19.3 Å². The van der Waals surface area contributed by atoms with Crippen LogP contribution in [0.15, 0.2) is 29.2 Å². The minimum absolute atomic E-state index is 0.0204. The Morgan fingerprint density at radius 2 is 1.74 bits per heavy atom. The Labute approximate surface area is 135 Å². The first kappa shape index (κ1) is 17.4. The highest BCUT2D eigenvalue weighted by Gasteiger charge is 2.20. The average Bonchev–Trinajstić information content (AvgIpc) is 2.53. The highest BCUT2D eigenvalue weighted by Crippen LogP contribution is 2.20. The summed E-state index contributed by atoms with van der Waals surface area (Å²) in [4.78, 5) is 22.6. The minimum Gasteiger partial charge on any atom is -0.368 e. The largest absolute Gasteiger partial charge is 0.368 e. The smallest absolute Gasteiger partial charge is 0.264 e. The fraction of sp³-hybridized carbons (Fsp3) is 0.467. The van der Waals surface area contributed by atoms with Crippen LogP contribution in [0.5, 0.6) is 0 Å². The molecule has 0 aliphatic heterocycles. The Kier molecular flexibility index (Phi) is 5.73. The van der Waals surface area contributed by atoms with Crippen molar-refractivity contribution in [2.75, 3.05) is 6.61 Å². The molecule has 0 radical (unpaired) electrons. The monoisotopic (exact) mass is 340 g/mol. The van der Waals surface area contributed by atoms with Crippen LogP contribution in [0.1, 0.15) is 42.5 Å². The van der Waals surface area contributed by atoms with E-state index in [0.717, 1.165) is 25.7 Å². The summed E-state index contributed by atoms with van der Waals surface area (Å²) in [5.41, 5.74) is 5.28. The molecule has 1 fully saturated rings. The zero-order valence-corrected chi connectivity index (χ0v) is 13.5. The molecule has 2 amide bonds. The summed E-state index contributed by atoms with van der Waals surface area (Å²) in [5.74, 6) is -1.37. The Morgan fingerprint density at radius 1 is 1.13 bits per heavy atom. The molecule has 0 heterocycles. The fourth-order valence-electron chi connectivity index (χ4n) is 2.46. The number of ether oxygens (including phenoxy) is 1. The number of rotatable bonds is 6. The fourth-order valence-corrected chi connectivity index (χ4v) is 3.43. The third-order valence-electron chi connectivity index (χ3n) is 3.70. The van der Waals surface area contributed by atoms with Gasteiger partial charge in [0.1, 0.15) is 6.61 Å². The number of nitrogens with one attached hydrogen (secondary N) is 1. The lowest BCUT2D eigenvalue weighted by Crippen LogP contribution is -2.35. The third kappa shape index (κ3) is 5.04. The number of primary amides is 1. The van der Waals surface area contributed by atoms with Crippen LogP contribution in [0.25, 0.3) is 0 Å². The molecule has 2 rings (SSSR count). The lowest BCUT2D eigenvalue weighted by molar-refractivity contribution is -0.126. The van der Waals surface area contributed by atoms with E-state index in [1.165, 1.54) is 30.7 Å². The molecule has 7 nitrogen and oxygen atoms in total. The molecule has 126 valence electrons. The van der Waals surface area contributed by atoms with Crippen LogP contribution >= 0.6 is 0 Å². The van der Waals surface area contributed by atoms with E-state index >= 15 is 0 Å². The van der Waals surface area contributed by atoms with Gasteiger partial charge in [0.25, 0.3) is 15.9 Å². The molecule has 0 atom stereocenters. The number of carbonyl (C=O) groups excluding carboxylic acids is 2. The molecular weight excluding hydrogens is 320 g/mol. The van der Waals surface area contributed by atoms with E-state index in [0.29, 0.717) is 0 Å². The second-order valence-electron chi connectivity index (χ2n) is 5.49. The number of amides is 2. The second-order valence-corrected chi connectivity index (χ2v) is 7.17. The molecule has 1 aromatic carbocycles. The predicted octanol–water partition coefficient (Wildman–Crippen LogP) is 0.940. The molecule has 0 spiro atoms. The van der Waals surface area contributed by atoms with Gasteiger partial charge in [-0.2, -0.15) is 0 Å². The zero-order valence-electron chi connectivity index (χ0n) is 12.7. The SMILES string of the molecule is NC(=O)c1ccc(S(=O)(=O)NC(=O)COC2CCCCC2)cc1. The van der Waals surface area contributed by atoms with Gasteiger partial charge in [0.05, 0.1) is 11.0 Å². The summed E-state index contributed by atoms with van der Waals surface area (Å²) in [6.07, 6.45) is 5.12. The van der Waals surface area contributed by atoms with Crippen molar-refractivity contribution in [3.8, 4) is 0 Å². The van der Waals surface area contributed by atoms with Gasteiger partial charge in [-0.05, 0) is 37.1 Å². The predicted molar refractivity (Wildman–Crippen MR) is 83.1 cm³/mol. The van der Waals surface area contributed by atoms with Gasteiger partial charge in [0, 0.05) is 5.56 Å². The molecular formula is C15H20N2O5S. The molecule has 0 unspecified atom stereocenters. The first-order chi connectivity index (χ1) is 10.9. The molecule has 0 saturated heterocycles. The molecule has 8 heteroatoms. The maximum atomic E-state index is 12.1. The van der Waals surface area contributed by atoms with Crippen LogP contribution < -0.4 is 10.5 Å². The van der Waals surface area contributed by atoms with Crippen molar-refractivity contribution in [3.05, 3.63) is 29.8 Å². The number of hydrogen-bond acceptors (Lipinski definition) is 5. The molecule has 0 bridgehead atoms. The van der Waals surface area contributed by atoms with Crippen molar-refractivity contribution < 1.29 is 22.7 Å². The normalized spacial score (nSPS) is 16.0. The average molecular weight is 340 g/mol. The van der Waals surface area contributed by atoms with Crippen molar-refractivity contribution in [2.45, 2.75) is 43.1 Å². The Balaban J connectivity index is 1.91. The minimum atomic E-state index is -3.99. The maximum absolute atomic E-state index is 12.1. The summed E-state index contributed by atoms with van der Waals surface area (Å²) in [5, 5.41) is 0. The van der Waals surface area contributed by atoms with E-state index in [2.05, 4.69) is 0 Å². The maximum Gasteiger partial charge on any atom is 0.264 e. The number of nitrogens with two attached hydrogens (primary N) is 1. The Hall–Kier alpha value is -1.93. The Bertz CT molecular complexity index is 664. The van der Waals surface area contributed by atoms with Gasteiger partial charge in [0.15, 0.2) is 0 Å². The van der Waals surface area contributed by atoms with Gasteiger partial charge in [-0.15, -0.1) is 0 Å². The lowest BCUT2D eigenvalue weighted by Gasteiger charge is -2.21. The highest BCUT2D eigenvalue weighted by atomic mass is 32.2. The van der Waals surface area contributed by atoms with Crippen molar-refractivity contribution >= 4 is 21.8 Å². The number of carbonyl (C=O) groups is 2. The summed E-state index contributed by atoms with van der Waals surface area (Å²) in [7, 11) is -3.99. The van der Waals surface area contributed by atoms with Crippen LogP contribution in [-0.2, 0) is 19.6 Å². The van der Waals surface area contributed by atoms with E-state index in [1.54, 1.807) is 0 Å². The van der Waals surface area contributed by atoms with Crippen molar-refractivity contribution in [1.29, 1.82) is 0 Å². The highest BCUT2D eigenvalue weighted by molar-refractivity contribution is 7.90. The number of hydrogen-bond donors (Lipinski definition) is 2. The molecule has 0 aromatic heterocycles. The van der Waals surface area contributed by atoms with Gasteiger partial charge in [-0.3, -0.25) is 9.59 Å². The summed E-state index contributed by atoms with van der Waals surface area (Å²) < 4.78 is 31.5. The van der Waals surface area contributed by atoms with Crippen molar-refractivity contribution in [1.82, 2.24) is 4.72 Å². The molecule has 1 aliphatic carbocycles. The summed E-state index contributed by atoms with van der Waals surface area (Å²) in [6, 6.07) is 5.02. The van der Waals surface area contributed by atoms with E-state index in [9.17, 15) is 18.0 Å². The summed E-state index contributed by atoms with van der Waals surface area (Å²) >= 11 is 0. The first-order valence-electron chi connectivity index (χ1n) is 7.45. The third-order valence-corrected chi connectivity index (χ3v) is 5.09. The van der Waals surface area contributed by atoms with Gasteiger partial charge < -0.3 is 10.5 Å². The van der Waals surface area contributed by atoms with E-state index in [1.807, 2.05) is 4.72 Å². The molecule has 1 aliphatic rings. The van der Waals surface area contributed by atoms with Gasteiger partial charge >= 0.3 is 0 Å². The van der Waals surface area contributed by atoms with Crippen LogP contribution in [0.2, 0.25) is 0 Å². The topological polar surface area (TPSA) is 116 Å². The Morgan fingerprint density at radius 3 is 2.30 bits per heavy atom. The molecule has 3 N–H and O–H groups in total.